The van der Waals surface area contributed by atoms with E-state index >= 15 is 0 Å². The van der Waals surface area contributed by atoms with Crippen molar-refractivity contribution in [2.45, 2.75) is 19.0 Å². The van der Waals surface area contributed by atoms with Crippen LogP contribution >= 0.6 is 0 Å². The van der Waals surface area contributed by atoms with E-state index in [9.17, 15) is 13.2 Å². The Labute approximate surface area is 171 Å². The van der Waals surface area contributed by atoms with Gasteiger partial charge in [-0.2, -0.15) is 33.6 Å². The third kappa shape index (κ3) is 6.31. The summed E-state index contributed by atoms with van der Waals surface area (Å²) < 4.78 is 37.7. The van der Waals surface area contributed by atoms with Crippen molar-refractivity contribution in [2.24, 2.45) is 20.5 Å². The molecule has 8 heteroatoms. The summed E-state index contributed by atoms with van der Waals surface area (Å²) in [4.78, 5) is 0. The molecule has 0 aromatic heterocycles. The molecule has 3 rings (SSSR count). The van der Waals surface area contributed by atoms with E-state index in [1.807, 2.05) is 24.3 Å². The minimum Gasteiger partial charge on any atom is -0.396 e. The quantitative estimate of drug-likeness (QED) is 0.402. The second-order valence-electron chi connectivity index (χ2n) is 6.45. The highest BCUT2D eigenvalue weighted by atomic mass is 19.4. The maximum Gasteiger partial charge on any atom is 0.416 e. The van der Waals surface area contributed by atoms with Crippen molar-refractivity contribution in [3.63, 3.8) is 0 Å². The van der Waals surface area contributed by atoms with Crippen LogP contribution in [0.25, 0.3) is 0 Å². The second-order valence-corrected chi connectivity index (χ2v) is 6.45. The second kappa shape index (κ2) is 9.89. The number of aryl methyl sites for hydroxylation is 1. The van der Waals surface area contributed by atoms with E-state index in [-0.39, 0.29) is 6.61 Å². The van der Waals surface area contributed by atoms with Gasteiger partial charge in [0.25, 0.3) is 0 Å². The number of hydrogen-bond donors (Lipinski definition) is 1. The minimum atomic E-state index is -4.37. The van der Waals surface area contributed by atoms with Gasteiger partial charge >= 0.3 is 6.18 Å². The molecule has 0 radical (unpaired) electrons. The van der Waals surface area contributed by atoms with E-state index < -0.39 is 11.7 Å². The van der Waals surface area contributed by atoms with Crippen LogP contribution in [0.15, 0.2) is 93.3 Å². The maximum absolute atomic E-state index is 12.6. The Hall–Kier alpha value is -3.39. The van der Waals surface area contributed by atoms with Crippen LogP contribution in [0, 0.1) is 0 Å². The summed E-state index contributed by atoms with van der Waals surface area (Å²) in [7, 11) is 0. The van der Waals surface area contributed by atoms with Gasteiger partial charge in [0.05, 0.1) is 28.3 Å². The van der Waals surface area contributed by atoms with Crippen molar-refractivity contribution >= 4 is 22.7 Å². The lowest BCUT2D eigenvalue weighted by atomic mass is 10.1. The molecule has 0 unspecified atom stereocenters. The zero-order chi connectivity index (χ0) is 21.4. The first-order valence-electron chi connectivity index (χ1n) is 9.25. The molecule has 154 valence electrons. The van der Waals surface area contributed by atoms with Crippen LogP contribution < -0.4 is 0 Å². The molecule has 0 aliphatic rings. The van der Waals surface area contributed by atoms with E-state index in [4.69, 9.17) is 5.11 Å². The number of rotatable bonds is 7. The third-order valence-electron chi connectivity index (χ3n) is 4.17. The predicted molar refractivity (Wildman–Crippen MR) is 108 cm³/mol. The molecule has 0 bridgehead atoms. The first-order chi connectivity index (χ1) is 14.4. The fraction of sp³-hybridized carbons (Fsp3) is 0.182. The lowest BCUT2D eigenvalue weighted by molar-refractivity contribution is -0.137. The molecule has 0 spiro atoms. The molecule has 0 saturated carbocycles. The monoisotopic (exact) mass is 412 g/mol. The Bertz CT molecular complexity index is 997. The summed E-state index contributed by atoms with van der Waals surface area (Å²) in [6.45, 7) is 0.168. The maximum atomic E-state index is 12.6. The van der Waals surface area contributed by atoms with Gasteiger partial charge in [-0.3, -0.25) is 0 Å². The average Bonchev–Trinajstić information content (AvgIpc) is 2.76. The van der Waals surface area contributed by atoms with Crippen molar-refractivity contribution < 1.29 is 18.3 Å². The van der Waals surface area contributed by atoms with E-state index in [1.54, 1.807) is 24.3 Å². The highest BCUT2D eigenvalue weighted by Crippen LogP contribution is 2.31. The lowest BCUT2D eigenvalue weighted by Crippen LogP contribution is -2.03. The summed E-state index contributed by atoms with van der Waals surface area (Å²) in [6, 6.07) is 18.9. The molecular formula is C22H19F3N4O. The van der Waals surface area contributed by atoms with Crippen molar-refractivity contribution in [1.82, 2.24) is 0 Å². The van der Waals surface area contributed by atoms with Gasteiger partial charge in [0.1, 0.15) is 0 Å². The average molecular weight is 412 g/mol. The Morgan fingerprint density at radius 3 is 1.33 bits per heavy atom. The van der Waals surface area contributed by atoms with Crippen LogP contribution in [-0.4, -0.2) is 11.7 Å². The van der Waals surface area contributed by atoms with Crippen LogP contribution in [0.3, 0.4) is 0 Å². The Morgan fingerprint density at radius 2 is 0.967 bits per heavy atom. The summed E-state index contributed by atoms with van der Waals surface area (Å²) in [6.07, 6.45) is -2.83. The van der Waals surface area contributed by atoms with Gasteiger partial charge in [-0.1, -0.05) is 12.1 Å². The number of halogens is 3. The van der Waals surface area contributed by atoms with E-state index in [1.165, 1.54) is 12.1 Å². The van der Waals surface area contributed by atoms with Gasteiger partial charge in [-0.15, -0.1) is 0 Å². The van der Waals surface area contributed by atoms with E-state index in [0.29, 0.717) is 22.7 Å². The van der Waals surface area contributed by atoms with E-state index in [0.717, 1.165) is 30.5 Å². The Morgan fingerprint density at radius 1 is 0.600 bits per heavy atom. The Balaban J connectivity index is 1.59. The third-order valence-corrected chi connectivity index (χ3v) is 4.17. The number of aliphatic hydroxyl groups is 1. The van der Waals surface area contributed by atoms with Crippen molar-refractivity contribution in [2.75, 3.05) is 6.61 Å². The zero-order valence-electron chi connectivity index (χ0n) is 15.9. The van der Waals surface area contributed by atoms with Gasteiger partial charge in [-0.05, 0) is 79.1 Å². The molecule has 0 atom stereocenters. The number of alkyl halides is 3. The first-order valence-corrected chi connectivity index (χ1v) is 9.25. The molecule has 0 amide bonds. The molecule has 3 aromatic rings. The minimum absolute atomic E-state index is 0.168. The first kappa shape index (κ1) is 21.3. The normalized spacial score (nSPS) is 12.1. The van der Waals surface area contributed by atoms with Gasteiger partial charge in [0.15, 0.2) is 0 Å². The summed E-state index contributed by atoms with van der Waals surface area (Å²) in [5.41, 5.74) is 2.62. The topological polar surface area (TPSA) is 69.7 Å². The summed E-state index contributed by atoms with van der Waals surface area (Å²) >= 11 is 0. The largest absolute Gasteiger partial charge is 0.416 e. The number of hydrogen-bond acceptors (Lipinski definition) is 5. The molecule has 30 heavy (non-hydrogen) atoms. The molecule has 1 N–H and O–H groups in total. The molecule has 0 aliphatic heterocycles. The smallest absolute Gasteiger partial charge is 0.396 e. The van der Waals surface area contributed by atoms with Crippen LogP contribution in [0.2, 0.25) is 0 Å². The molecule has 3 aromatic carbocycles. The number of nitrogens with zero attached hydrogens (tertiary/aromatic N) is 4. The highest BCUT2D eigenvalue weighted by molar-refractivity contribution is 5.48. The van der Waals surface area contributed by atoms with Gasteiger partial charge in [0, 0.05) is 6.61 Å². The zero-order valence-corrected chi connectivity index (χ0v) is 15.9. The van der Waals surface area contributed by atoms with Crippen molar-refractivity contribution in [3.05, 3.63) is 83.9 Å². The number of azo groups is 2. The fourth-order valence-corrected chi connectivity index (χ4v) is 2.55. The van der Waals surface area contributed by atoms with Crippen molar-refractivity contribution in [3.8, 4) is 0 Å². The predicted octanol–water partition coefficient (Wildman–Crippen LogP) is 7.46. The summed E-state index contributed by atoms with van der Waals surface area (Å²) in [5.74, 6) is 0. The van der Waals surface area contributed by atoms with Crippen LogP contribution in [-0.2, 0) is 12.6 Å². The molecular weight excluding hydrogens is 393 g/mol. The number of aliphatic hydroxyl groups excluding tert-OH is 1. The van der Waals surface area contributed by atoms with Crippen LogP contribution in [0.4, 0.5) is 35.9 Å². The van der Waals surface area contributed by atoms with E-state index in [2.05, 4.69) is 20.5 Å². The van der Waals surface area contributed by atoms with Gasteiger partial charge in [-0.25, -0.2) is 0 Å². The van der Waals surface area contributed by atoms with Crippen LogP contribution in [0.5, 0.6) is 0 Å². The standard InChI is InChI=1S/C22H19F3N4O/c23-22(24,25)17-5-9-19(10-6-17)27-29-21-13-11-20(12-14-21)28-26-18-7-3-16(4-8-18)2-1-15-30/h3-14,30H,1-2,15H2. The molecule has 0 aliphatic carbocycles. The molecule has 5 nitrogen and oxygen atoms in total. The Kier molecular flexibility index (Phi) is 7.03. The summed E-state index contributed by atoms with van der Waals surface area (Å²) in [5, 5.41) is 25.2. The van der Waals surface area contributed by atoms with Crippen molar-refractivity contribution in [1.29, 1.82) is 0 Å². The lowest BCUT2D eigenvalue weighted by Gasteiger charge is -2.05. The fourth-order valence-electron chi connectivity index (χ4n) is 2.55. The van der Waals surface area contributed by atoms with Crippen LogP contribution in [0.1, 0.15) is 17.5 Å². The molecule has 0 fully saturated rings. The number of benzene rings is 3. The molecule has 0 heterocycles. The highest BCUT2D eigenvalue weighted by Gasteiger charge is 2.29. The van der Waals surface area contributed by atoms with Gasteiger partial charge < -0.3 is 5.11 Å². The van der Waals surface area contributed by atoms with Gasteiger partial charge in [0.2, 0.25) is 0 Å². The SMILES string of the molecule is OCCCc1ccc(N=Nc2ccc(N=Nc3ccc(C(F)(F)F)cc3)cc2)cc1. The molecule has 0 saturated heterocycles.